The molecule has 14 heavy (non-hydrogen) atoms. The number of cyclic esters (lactones) is 2. The minimum Gasteiger partial charge on any atom is -0.481 e. The van der Waals surface area contributed by atoms with Gasteiger partial charge in [0.2, 0.25) is 0 Å². The number of rotatable bonds is 3. The van der Waals surface area contributed by atoms with E-state index in [1.54, 1.807) is 0 Å². The van der Waals surface area contributed by atoms with Crippen LogP contribution in [0.4, 0.5) is 0 Å². The molecule has 0 bridgehead atoms. The van der Waals surface area contributed by atoms with Gasteiger partial charge in [-0.05, 0) is 6.92 Å². The zero-order chi connectivity index (χ0) is 10.9. The van der Waals surface area contributed by atoms with Gasteiger partial charge in [-0.25, -0.2) is 9.59 Å². The number of hydrogen-bond donors (Lipinski definition) is 2. The molecular formula is C8H8O6. The zero-order valence-corrected chi connectivity index (χ0v) is 7.31. The molecule has 0 aromatic rings. The van der Waals surface area contributed by atoms with Crippen LogP contribution in [0.2, 0.25) is 0 Å². The lowest BCUT2D eigenvalue weighted by Crippen LogP contribution is -2.20. The normalized spacial score (nSPS) is 18.4. The molecule has 1 rings (SSSR count). The molecular weight excluding hydrogens is 192 g/mol. The van der Waals surface area contributed by atoms with Crippen LogP contribution in [0.5, 0.6) is 0 Å². The summed E-state index contributed by atoms with van der Waals surface area (Å²) < 4.78 is 4.18. The van der Waals surface area contributed by atoms with Gasteiger partial charge in [-0.1, -0.05) is 0 Å². The van der Waals surface area contributed by atoms with E-state index in [4.69, 9.17) is 5.11 Å². The predicted molar refractivity (Wildman–Crippen MR) is 42.1 cm³/mol. The fourth-order valence-electron chi connectivity index (χ4n) is 1.13. The highest BCUT2D eigenvalue weighted by molar-refractivity contribution is 6.12. The van der Waals surface area contributed by atoms with Crippen molar-refractivity contribution in [3.8, 4) is 0 Å². The standard InChI is InChI=1S/C8H8O6/c1-3-6(4(9)2-5(10)11)8(13)14-7(3)12/h4,9H,2H2,1H3,(H,10,11)/t4-/m0/s1. The predicted octanol–water partition coefficient (Wildman–Crippen LogP) is -0.778. The number of carbonyl (C=O) groups is 3. The van der Waals surface area contributed by atoms with Crippen molar-refractivity contribution in [1.82, 2.24) is 0 Å². The van der Waals surface area contributed by atoms with Crippen LogP contribution in [0.1, 0.15) is 13.3 Å². The summed E-state index contributed by atoms with van der Waals surface area (Å²) in [5.74, 6) is -3.07. The third-order valence-corrected chi connectivity index (χ3v) is 1.82. The van der Waals surface area contributed by atoms with E-state index >= 15 is 0 Å². The Balaban J connectivity index is 2.91. The molecule has 1 aliphatic rings. The Labute approximate surface area is 78.8 Å². The van der Waals surface area contributed by atoms with Gasteiger partial charge in [-0.3, -0.25) is 4.79 Å². The van der Waals surface area contributed by atoms with E-state index in [2.05, 4.69) is 4.74 Å². The van der Waals surface area contributed by atoms with E-state index in [1.165, 1.54) is 6.92 Å². The average Bonchev–Trinajstić information content (AvgIpc) is 2.25. The van der Waals surface area contributed by atoms with E-state index in [0.29, 0.717) is 0 Å². The molecule has 1 atom stereocenters. The lowest BCUT2D eigenvalue weighted by atomic mass is 10.0. The van der Waals surface area contributed by atoms with Crippen molar-refractivity contribution in [2.45, 2.75) is 19.4 Å². The number of aliphatic carboxylic acids is 1. The van der Waals surface area contributed by atoms with Gasteiger partial charge in [0.1, 0.15) is 0 Å². The van der Waals surface area contributed by atoms with E-state index in [-0.39, 0.29) is 11.1 Å². The van der Waals surface area contributed by atoms with Crippen molar-refractivity contribution in [1.29, 1.82) is 0 Å². The summed E-state index contributed by atoms with van der Waals surface area (Å²) in [6.45, 7) is 1.30. The first-order valence-corrected chi connectivity index (χ1v) is 3.80. The second-order valence-electron chi connectivity index (χ2n) is 2.83. The van der Waals surface area contributed by atoms with Crippen molar-refractivity contribution in [3.63, 3.8) is 0 Å². The molecule has 0 unspecified atom stereocenters. The minimum absolute atomic E-state index is 0.0382. The Bertz CT molecular complexity index is 340. The maximum absolute atomic E-state index is 11.0. The highest BCUT2D eigenvalue weighted by Crippen LogP contribution is 2.21. The number of hydrogen-bond acceptors (Lipinski definition) is 5. The van der Waals surface area contributed by atoms with Crippen molar-refractivity contribution >= 4 is 17.9 Å². The second kappa shape index (κ2) is 3.59. The Hall–Kier alpha value is -1.69. The molecule has 0 radical (unpaired) electrons. The third kappa shape index (κ3) is 1.80. The molecule has 0 aromatic carbocycles. The van der Waals surface area contributed by atoms with Crippen LogP contribution < -0.4 is 0 Å². The Morgan fingerprint density at radius 1 is 1.43 bits per heavy atom. The first-order valence-electron chi connectivity index (χ1n) is 3.80. The van der Waals surface area contributed by atoms with E-state index in [0.717, 1.165) is 0 Å². The van der Waals surface area contributed by atoms with E-state index in [9.17, 15) is 19.5 Å². The summed E-state index contributed by atoms with van der Waals surface area (Å²) >= 11 is 0. The maximum atomic E-state index is 11.0. The molecule has 76 valence electrons. The molecule has 0 spiro atoms. The number of carbonyl (C=O) groups excluding carboxylic acids is 2. The molecule has 0 aromatic heterocycles. The molecule has 0 saturated carbocycles. The number of carboxylic acid groups (broad SMARTS) is 1. The molecule has 1 heterocycles. The van der Waals surface area contributed by atoms with Crippen LogP contribution in [0, 0.1) is 0 Å². The molecule has 2 N–H and O–H groups in total. The van der Waals surface area contributed by atoms with Gasteiger partial charge in [0.25, 0.3) is 0 Å². The maximum Gasteiger partial charge on any atom is 0.345 e. The van der Waals surface area contributed by atoms with Crippen molar-refractivity contribution in [3.05, 3.63) is 11.1 Å². The van der Waals surface area contributed by atoms with Crippen LogP contribution >= 0.6 is 0 Å². The number of esters is 2. The van der Waals surface area contributed by atoms with Crippen molar-refractivity contribution in [2.75, 3.05) is 0 Å². The summed E-state index contributed by atoms with van der Waals surface area (Å²) in [7, 11) is 0. The van der Waals surface area contributed by atoms with Crippen molar-refractivity contribution in [2.24, 2.45) is 0 Å². The smallest absolute Gasteiger partial charge is 0.345 e. The largest absolute Gasteiger partial charge is 0.481 e. The topological polar surface area (TPSA) is 101 Å². The SMILES string of the molecule is CC1=C([C@@H](O)CC(=O)O)C(=O)OC1=O. The quantitative estimate of drug-likeness (QED) is 0.458. The summed E-state index contributed by atoms with van der Waals surface area (Å²) in [5.41, 5.74) is -0.304. The molecule has 6 nitrogen and oxygen atoms in total. The first kappa shape index (κ1) is 10.4. The molecule has 0 fully saturated rings. The van der Waals surface area contributed by atoms with Gasteiger partial charge in [-0.2, -0.15) is 0 Å². The van der Waals surface area contributed by atoms with Crippen molar-refractivity contribution < 1.29 is 29.3 Å². The van der Waals surface area contributed by atoms with Crippen LogP contribution in [0.25, 0.3) is 0 Å². The minimum atomic E-state index is -1.49. The molecule has 0 amide bonds. The van der Waals surface area contributed by atoms with Gasteiger partial charge in [-0.15, -0.1) is 0 Å². The number of carboxylic acids is 1. The first-order chi connectivity index (χ1) is 6.43. The number of aliphatic hydroxyl groups excluding tert-OH is 1. The Kier molecular flexibility index (Phi) is 2.66. The average molecular weight is 200 g/mol. The molecule has 0 saturated heterocycles. The fraction of sp³-hybridized carbons (Fsp3) is 0.375. The highest BCUT2D eigenvalue weighted by atomic mass is 16.6. The summed E-state index contributed by atoms with van der Waals surface area (Å²) in [6, 6.07) is 0. The van der Waals surface area contributed by atoms with Gasteiger partial charge >= 0.3 is 17.9 Å². The van der Waals surface area contributed by atoms with Gasteiger partial charge in [0.15, 0.2) is 0 Å². The molecule has 0 aliphatic carbocycles. The zero-order valence-electron chi connectivity index (χ0n) is 7.31. The summed E-state index contributed by atoms with van der Waals surface area (Å²) in [5, 5.41) is 17.6. The van der Waals surface area contributed by atoms with Crippen LogP contribution in [-0.2, 0) is 19.1 Å². The van der Waals surface area contributed by atoms with Crippen LogP contribution in [0.15, 0.2) is 11.1 Å². The monoisotopic (exact) mass is 200 g/mol. The van der Waals surface area contributed by atoms with E-state index < -0.39 is 30.4 Å². The van der Waals surface area contributed by atoms with Gasteiger partial charge in [0.05, 0.1) is 18.1 Å². The Morgan fingerprint density at radius 3 is 2.36 bits per heavy atom. The van der Waals surface area contributed by atoms with Crippen LogP contribution in [-0.4, -0.2) is 34.2 Å². The molecule has 6 heteroatoms. The lowest BCUT2D eigenvalue weighted by Gasteiger charge is -2.05. The second-order valence-corrected chi connectivity index (χ2v) is 2.83. The highest BCUT2D eigenvalue weighted by Gasteiger charge is 2.35. The Morgan fingerprint density at radius 2 is 2.00 bits per heavy atom. The van der Waals surface area contributed by atoms with Gasteiger partial charge in [0, 0.05) is 5.57 Å². The third-order valence-electron chi connectivity index (χ3n) is 1.82. The van der Waals surface area contributed by atoms with Gasteiger partial charge < -0.3 is 14.9 Å². The molecule has 1 aliphatic heterocycles. The fourth-order valence-corrected chi connectivity index (χ4v) is 1.13. The summed E-state index contributed by atoms with van der Waals surface area (Å²) in [4.78, 5) is 32.0. The van der Waals surface area contributed by atoms with E-state index in [1.807, 2.05) is 0 Å². The summed E-state index contributed by atoms with van der Waals surface area (Å²) in [6.07, 6.45) is -2.12. The van der Waals surface area contributed by atoms with Crippen LogP contribution in [0.3, 0.4) is 0 Å². The number of ether oxygens (including phenoxy) is 1. The lowest BCUT2D eigenvalue weighted by molar-refractivity contribution is -0.151. The number of aliphatic hydroxyl groups is 1.